The van der Waals surface area contributed by atoms with Crippen molar-refractivity contribution in [2.24, 2.45) is 5.73 Å². The van der Waals surface area contributed by atoms with E-state index in [2.05, 4.69) is 4.90 Å². The lowest BCUT2D eigenvalue weighted by molar-refractivity contribution is -0.0548. The molecule has 0 spiro atoms. The second kappa shape index (κ2) is 6.90. The molecule has 1 aromatic carbocycles. The molecular formula is C21H23F3N2O2. The standard InChI is InChI=1S/C21H23F3N2O2/c22-16-7-18(24)17(23)6-14(16)21-19(25)5-13(10-28-21)26-4-3-12-9-27-20(11-1-2-11)15(12)8-26/h6-7,9,11,13,19,21H,1-5,8,10,25H2/t13-,19+,21-/m1/s1. The van der Waals surface area contributed by atoms with Gasteiger partial charge in [-0.25, -0.2) is 13.2 Å². The first-order valence-corrected chi connectivity index (χ1v) is 9.86. The zero-order valence-electron chi connectivity index (χ0n) is 15.5. The molecule has 0 unspecified atom stereocenters. The average Bonchev–Trinajstić information content (AvgIpc) is 3.43. The predicted octanol–water partition coefficient (Wildman–Crippen LogP) is 3.79. The lowest BCUT2D eigenvalue weighted by atomic mass is 9.91. The zero-order valence-corrected chi connectivity index (χ0v) is 15.5. The molecule has 150 valence electrons. The largest absolute Gasteiger partial charge is 0.468 e. The summed E-state index contributed by atoms with van der Waals surface area (Å²) in [6, 6.07) is 1.02. The molecule has 2 N–H and O–H groups in total. The third-order valence-corrected chi connectivity index (χ3v) is 6.25. The first-order chi connectivity index (χ1) is 13.5. The molecule has 4 nitrogen and oxygen atoms in total. The van der Waals surface area contributed by atoms with E-state index in [-0.39, 0.29) is 11.6 Å². The minimum Gasteiger partial charge on any atom is -0.468 e. The summed E-state index contributed by atoms with van der Waals surface area (Å²) in [5.74, 6) is -1.44. The van der Waals surface area contributed by atoms with Crippen LogP contribution in [0.3, 0.4) is 0 Å². The highest BCUT2D eigenvalue weighted by atomic mass is 19.2. The second-order valence-corrected chi connectivity index (χ2v) is 8.19. The van der Waals surface area contributed by atoms with Crippen LogP contribution in [-0.4, -0.2) is 30.1 Å². The maximum Gasteiger partial charge on any atom is 0.161 e. The molecule has 7 heteroatoms. The van der Waals surface area contributed by atoms with Crippen molar-refractivity contribution in [2.75, 3.05) is 13.2 Å². The first-order valence-electron chi connectivity index (χ1n) is 9.86. The number of nitrogens with zero attached hydrogens (tertiary/aromatic N) is 1. The van der Waals surface area contributed by atoms with Gasteiger partial charge in [-0.2, -0.15) is 0 Å². The van der Waals surface area contributed by atoms with Crippen LogP contribution in [0, 0.1) is 17.5 Å². The van der Waals surface area contributed by atoms with Gasteiger partial charge in [0.15, 0.2) is 11.6 Å². The number of fused-ring (bicyclic) bond motifs is 1. The number of hydrogen-bond acceptors (Lipinski definition) is 4. The molecule has 28 heavy (non-hydrogen) atoms. The van der Waals surface area contributed by atoms with Crippen LogP contribution >= 0.6 is 0 Å². The summed E-state index contributed by atoms with van der Waals surface area (Å²) in [5, 5.41) is 0. The molecule has 2 aliphatic heterocycles. The van der Waals surface area contributed by atoms with Crippen LogP contribution in [0.1, 0.15) is 53.7 Å². The van der Waals surface area contributed by atoms with Crippen molar-refractivity contribution in [3.8, 4) is 0 Å². The monoisotopic (exact) mass is 392 g/mol. The van der Waals surface area contributed by atoms with Crippen molar-refractivity contribution in [2.45, 2.75) is 56.3 Å². The highest BCUT2D eigenvalue weighted by Gasteiger charge is 2.38. The van der Waals surface area contributed by atoms with E-state index in [4.69, 9.17) is 14.9 Å². The molecule has 0 amide bonds. The zero-order chi connectivity index (χ0) is 19.4. The highest BCUT2D eigenvalue weighted by Crippen LogP contribution is 2.44. The molecule has 1 saturated heterocycles. The van der Waals surface area contributed by atoms with Crippen LogP contribution in [0.2, 0.25) is 0 Å². The van der Waals surface area contributed by atoms with Crippen LogP contribution < -0.4 is 5.73 Å². The van der Waals surface area contributed by atoms with E-state index < -0.39 is 29.6 Å². The van der Waals surface area contributed by atoms with Gasteiger partial charge in [-0.3, -0.25) is 4.90 Å². The Hall–Kier alpha value is -1.83. The van der Waals surface area contributed by atoms with Gasteiger partial charge in [-0.1, -0.05) is 0 Å². The number of hydrogen-bond donors (Lipinski definition) is 1. The van der Waals surface area contributed by atoms with Crippen molar-refractivity contribution in [3.05, 3.63) is 58.3 Å². The average molecular weight is 392 g/mol. The number of halogens is 3. The summed E-state index contributed by atoms with van der Waals surface area (Å²) in [7, 11) is 0. The van der Waals surface area contributed by atoms with Crippen LogP contribution in [0.25, 0.3) is 0 Å². The third-order valence-electron chi connectivity index (χ3n) is 6.25. The molecule has 3 aliphatic rings. The Morgan fingerprint density at radius 2 is 1.86 bits per heavy atom. The number of ether oxygens (including phenoxy) is 1. The predicted molar refractivity (Wildman–Crippen MR) is 96.2 cm³/mol. The molecule has 1 saturated carbocycles. The second-order valence-electron chi connectivity index (χ2n) is 8.19. The minimum absolute atomic E-state index is 0.0170. The lowest BCUT2D eigenvalue weighted by Gasteiger charge is -2.41. The smallest absolute Gasteiger partial charge is 0.161 e. The van der Waals surface area contributed by atoms with E-state index in [0.717, 1.165) is 31.3 Å². The van der Waals surface area contributed by atoms with Crippen molar-refractivity contribution >= 4 is 0 Å². The third kappa shape index (κ3) is 3.15. The van der Waals surface area contributed by atoms with Crippen LogP contribution in [0.4, 0.5) is 13.2 Å². The van der Waals surface area contributed by atoms with Gasteiger partial charge < -0.3 is 14.9 Å². The number of rotatable bonds is 3. The molecule has 1 aliphatic carbocycles. The molecule has 0 bridgehead atoms. The van der Waals surface area contributed by atoms with Gasteiger partial charge in [0.25, 0.3) is 0 Å². The summed E-state index contributed by atoms with van der Waals surface area (Å²) in [5.41, 5.74) is 8.85. The summed E-state index contributed by atoms with van der Waals surface area (Å²) < 4.78 is 52.6. The Morgan fingerprint density at radius 3 is 2.61 bits per heavy atom. The number of nitrogens with two attached hydrogens (primary N) is 1. The van der Waals surface area contributed by atoms with E-state index in [0.29, 0.717) is 25.0 Å². The molecule has 5 rings (SSSR count). The van der Waals surface area contributed by atoms with Crippen molar-refractivity contribution in [1.29, 1.82) is 0 Å². The Morgan fingerprint density at radius 1 is 1.07 bits per heavy atom. The van der Waals surface area contributed by atoms with Crippen molar-refractivity contribution in [3.63, 3.8) is 0 Å². The highest BCUT2D eigenvalue weighted by molar-refractivity contribution is 5.34. The maximum atomic E-state index is 14.1. The Labute approximate surface area is 161 Å². The van der Waals surface area contributed by atoms with E-state index >= 15 is 0 Å². The maximum absolute atomic E-state index is 14.1. The van der Waals surface area contributed by atoms with Gasteiger partial charge in [0.05, 0.1) is 12.9 Å². The molecule has 0 radical (unpaired) electrons. The van der Waals surface area contributed by atoms with Gasteiger partial charge in [0, 0.05) is 48.3 Å². The van der Waals surface area contributed by atoms with Crippen LogP contribution in [0.5, 0.6) is 0 Å². The molecule has 2 fully saturated rings. The van der Waals surface area contributed by atoms with Gasteiger partial charge in [-0.05, 0) is 37.3 Å². The normalized spacial score (nSPS) is 28.4. The van der Waals surface area contributed by atoms with Crippen LogP contribution in [-0.2, 0) is 17.7 Å². The Bertz CT molecular complexity index is 896. The van der Waals surface area contributed by atoms with E-state index in [1.165, 1.54) is 24.0 Å². The number of benzene rings is 1. The van der Waals surface area contributed by atoms with E-state index in [1.54, 1.807) is 0 Å². The van der Waals surface area contributed by atoms with E-state index in [1.807, 2.05) is 6.26 Å². The van der Waals surface area contributed by atoms with Gasteiger partial charge in [-0.15, -0.1) is 0 Å². The summed E-state index contributed by atoms with van der Waals surface area (Å²) in [6.07, 6.45) is 5.04. The Balaban J connectivity index is 1.30. The van der Waals surface area contributed by atoms with Gasteiger partial charge in [0.2, 0.25) is 0 Å². The van der Waals surface area contributed by atoms with E-state index in [9.17, 15) is 13.2 Å². The molecule has 1 aromatic heterocycles. The summed E-state index contributed by atoms with van der Waals surface area (Å²) >= 11 is 0. The fraction of sp³-hybridized carbons (Fsp3) is 0.524. The number of furan rings is 1. The Kier molecular flexibility index (Phi) is 4.49. The molecule has 3 heterocycles. The first kappa shape index (κ1) is 18.2. The van der Waals surface area contributed by atoms with Gasteiger partial charge in [0.1, 0.15) is 17.7 Å². The molecular weight excluding hydrogens is 369 g/mol. The summed E-state index contributed by atoms with van der Waals surface area (Å²) in [6.45, 7) is 2.08. The minimum atomic E-state index is -1.21. The quantitative estimate of drug-likeness (QED) is 0.808. The molecule has 2 aromatic rings. The molecule has 3 atom stereocenters. The topological polar surface area (TPSA) is 51.6 Å². The van der Waals surface area contributed by atoms with Crippen molar-refractivity contribution < 1.29 is 22.3 Å². The fourth-order valence-corrected chi connectivity index (χ4v) is 4.55. The van der Waals surface area contributed by atoms with Gasteiger partial charge >= 0.3 is 0 Å². The van der Waals surface area contributed by atoms with Crippen LogP contribution in [0.15, 0.2) is 22.8 Å². The lowest BCUT2D eigenvalue weighted by Crippen LogP contribution is -2.50. The SMILES string of the molecule is N[C@H]1C[C@@H](N2CCc3coc(C4CC4)c3C2)CO[C@@H]1c1cc(F)c(F)cc1F. The fourth-order valence-electron chi connectivity index (χ4n) is 4.55. The summed E-state index contributed by atoms with van der Waals surface area (Å²) in [4.78, 5) is 2.35. The van der Waals surface area contributed by atoms with Crippen molar-refractivity contribution in [1.82, 2.24) is 4.90 Å².